The van der Waals surface area contributed by atoms with Crippen LogP contribution in [-0.2, 0) is 6.61 Å². The molecule has 0 bridgehead atoms. The second kappa shape index (κ2) is 7.17. The van der Waals surface area contributed by atoms with E-state index in [2.05, 4.69) is 15.6 Å². The van der Waals surface area contributed by atoms with E-state index in [1.165, 1.54) is 5.56 Å². The second-order valence-corrected chi connectivity index (χ2v) is 6.75. The minimum Gasteiger partial charge on any atom is -0.487 e. The van der Waals surface area contributed by atoms with E-state index in [0.717, 1.165) is 24.4 Å². The molecule has 26 heavy (non-hydrogen) atoms. The van der Waals surface area contributed by atoms with E-state index >= 15 is 0 Å². The number of fused-ring (bicyclic) bond motifs is 1. The average molecular weight is 350 g/mol. The Bertz CT molecular complexity index is 930. The molecule has 2 N–H and O–H groups in total. The quantitative estimate of drug-likeness (QED) is 0.715. The number of hydrogen-bond donors (Lipinski definition) is 2. The number of hydrogen-bond acceptors (Lipinski definition) is 4. The fourth-order valence-electron chi connectivity index (χ4n) is 2.94. The molecule has 0 spiro atoms. The Morgan fingerprint density at radius 3 is 3.00 bits per heavy atom. The van der Waals surface area contributed by atoms with Gasteiger partial charge in [0.25, 0.3) is 5.91 Å². The van der Waals surface area contributed by atoms with Gasteiger partial charge in [0.1, 0.15) is 18.0 Å². The largest absolute Gasteiger partial charge is 0.487 e. The molecule has 0 aliphatic carbocycles. The number of nitrogens with zero attached hydrogens (tertiary/aromatic N) is 2. The van der Waals surface area contributed by atoms with Gasteiger partial charge in [0.15, 0.2) is 0 Å². The van der Waals surface area contributed by atoms with Crippen LogP contribution >= 0.6 is 0 Å². The van der Waals surface area contributed by atoms with Crippen molar-refractivity contribution in [3.8, 4) is 5.75 Å². The van der Waals surface area contributed by atoms with E-state index in [-0.39, 0.29) is 5.91 Å². The molecule has 1 aromatic carbocycles. The number of carbonyl (C=O) groups excluding carboxylic acids is 1. The van der Waals surface area contributed by atoms with Gasteiger partial charge in [0, 0.05) is 43.5 Å². The minimum absolute atomic E-state index is 0.0643. The lowest BCUT2D eigenvalue weighted by Gasteiger charge is -2.27. The van der Waals surface area contributed by atoms with Gasteiger partial charge in [0.2, 0.25) is 0 Å². The van der Waals surface area contributed by atoms with E-state index in [4.69, 9.17) is 4.74 Å². The van der Waals surface area contributed by atoms with E-state index in [1.807, 2.05) is 48.0 Å². The summed E-state index contributed by atoms with van der Waals surface area (Å²) in [6.07, 6.45) is 4.00. The van der Waals surface area contributed by atoms with Gasteiger partial charge in [-0.1, -0.05) is 12.1 Å². The number of carbonyl (C=O) groups is 1. The van der Waals surface area contributed by atoms with Crippen molar-refractivity contribution >= 4 is 11.6 Å². The van der Waals surface area contributed by atoms with Crippen molar-refractivity contribution in [2.45, 2.75) is 13.5 Å². The number of rotatable bonds is 6. The maximum Gasteiger partial charge on any atom is 0.251 e. The van der Waals surface area contributed by atoms with Crippen molar-refractivity contribution in [3.63, 3.8) is 0 Å². The smallest absolute Gasteiger partial charge is 0.251 e. The predicted molar refractivity (Wildman–Crippen MR) is 99.4 cm³/mol. The topological polar surface area (TPSA) is 67.7 Å². The lowest BCUT2D eigenvalue weighted by atomic mass is 10.0. The Morgan fingerprint density at radius 1 is 1.31 bits per heavy atom. The molecule has 0 radical (unpaired) electrons. The highest BCUT2D eigenvalue weighted by molar-refractivity contribution is 5.94. The number of benzene rings is 1. The molecule has 6 nitrogen and oxygen atoms in total. The normalized spacial score (nSPS) is 14.2. The first kappa shape index (κ1) is 16.6. The third-order valence-corrected chi connectivity index (χ3v) is 4.55. The van der Waals surface area contributed by atoms with Gasteiger partial charge in [0.05, 0.1) is 5.69 Å². The molecule has 2 aromatic heterocycles. The van der Waals surface area contributed by atoms with Crippen molar-refractivity contribution < 1.29 is 9.53 Å². The highest BCUT2D eigenvalue weighted by Gasteiger charge is 2.17. The van der Waals surface area contributed by atoms with Crippen LogP contribution < -0.4 is 15.4 Å². The summed E-state index contributed by atoms with van der Waals surface area (Å²) in [7, 11) is 0. The van der Waals surface area contributed by atoms with Crippen LogP contribution in [0.1, 0.15) is 21.6 Å². The maximum absolute atomic E-state index is 12.3. The number of aryl methyl sites for hydroxylation is 1. The van der Waals surface area contributed by atoms with Crippen molar-refractivity contribution in [1.82, 2.24) is 20.0 Å². The molecule has 4 rings (SSSR count). The summed E-state index contributed by atoms with van der Waals surface area (Å²) >= 11 is 0. The van der Waals surface area contributed by atoms with Gasteiger partial charge in [-0.25, -0.2) is 4.98 Å². The number of ether oxygens (including phenoxy) is 1. The standard InChI is InChI=1S/C20H22N4O2/c1-14-5-6-19-23-17(12-24(19)11-14)13-26-18-4-2-3-16(7-18)20(25)22-10-15-8-21-9-15/h2-7,11-12,15,21H,8-10,13H2,1H3,(H,22,25). The molecular formula is C20H22N4O2. The first-order chi connectivity index (χ1) is 12.7. The summed E-state index contributed by atoms with van der Waals surface area (Å²) in [6, 6.07) is 11.3. The predicted octanol–water partition coefficient (Wildman–Crippen LogP) is 2.17. The monoisotopic (exact) mass is 350 g/mol. The molecule has 0 saturated carbocycles. The highest BCUT2D eigenvalue weighted by atomic mass is 16.5. The van der Waals surface area contributed by atoms with Crippen molar-refractivity contribution in [3.05, 3.63) is 65.6 Å². The minimum atomic E-state index is -0.0643. The maximum atomic E-state index is 12.3. The first-order valence-corrected chi connectivity index (χ1v) is 8.83. The van der Waals surface area contributed by atoms with Gasteiger partial charge < -0.3 is 19.8 Å². The van der Waals surface area contributed by atoms with Crippen molar-refractivity contribution in [1.29, 1.82) is 0 Å². The molecular weight excluding hydrogens is 328 g/mol. The zero-order valence-electron chi connectivity index (χ0n) is 14.7. The molecule has 0 atom stereocenters. The van der Waals surface area contributed by atoms with Gasteiger partial charge in [-0.05, 0) is 36.8 Å². The number of amides is 1. The summed E-state index contributed by atoms with van der Waals surface area (Å²) in [6.45, 7) is 5.06. The van der Waals surface area contributed by atoms with Gasteiger partial charge in [-0.15, -0.1) is 0 Å². The molecule has 1 fully saturated rings. The lowest BCUT2D eigenvalue weighted by molar-refractivity contribution is 0.0941. The van der Waals surface area contributed by atoms with Crippen LogP contribution in [0.2, 0.25) is 0 Å². The second-order valence-electron chi connectivity index (χ2n) is 6.75. The first-order valence-electron chi connectivity index (χ1n) is 8.83. The van der Waals surface area contributed by atoms with Crippen LogP contribution in [0.25, 0.3) is 5.65 Å². The summed E-state index contributed by atoms with van der Waals surface area (Å²) < 4.78 is 7.83. The molecule has 3 heterocycles. The SMILES string of the molecule is Cc1ccc2nc(COc3cccc(C(=O)NCC4CNC4)c3)cn2c1. The van der Waals surface area contributed by atoms with E-state index in [1.54, 1.807) is 12.1 Å². The van der Waals surface area contributed by atoms with E-state index < -0.39 is 0 Å². The van der Waals surface area contributed by atoms with Crippen molar-refractivity contribution in [2.24, 2.45) is 5.92 Å². The number of pyridine rings is 1. The summed E-state index contributed by atoms with van der Waals surface area (Å²) in [5.74, 6) is 1.14. The molecule has 1 aliphatic rings. The number of imidazole rings is 1. The molecule has 6 heteroatoms. The van der Waals surface area contributed by atoms with Gasteiger partial charge in [-0.2, -0.15) is 0 Å². The Balaban J connectivity index is 1.38. The lowest BCUT2D eigenvalue weighted by Crippen LogP contribution is -2.48. The Kier molecular flexibility index (Phi) is 4.58. The zero-order valence-corrected chi connectivity index (χ0v) is 14.7. The zero-order chi connectivity index (χ0) is 17.9. The highest BCUT2D eigenvalue weighted by Crippen LogP contribution is 2.16. The average Bonchev–Trinajstić information content (AvgIpc) is 3.00. The summed E-state index contributed by atoms with van der Waals surface area (Å²) in [5.41, 5.74) is 3.54. The van der Waals surface area contributed by atoms with Crippen LogP contribution in [0.15, 0.2) is 48.8 Å². The van der Waals surface area contributed by atoms with Crippen LogP contribution in [0.5, 0.6) is 5.75 Å². The summed E-state index contributed by atoms with van der Waals surface area (Å²) in [4.78, 5) is 16.8. The van der Waals surface area contributed by atoms with Crippen LogP contribution in [-0.4, -0.2) is 34.9 Å². The number of aromatic nitrogens is 2. The third kappa shape index (κ3) is 3.70. The molecule has 134 valence electrons. The third-order valence-electron chi connectivity index (χ3n) is 4.55. The summed E-state index contributed by atoms with van der Waals surface area (Å²) in [5, 5.41) is 6.17. The Labute approximate surface area is 152 Å². The van der Waals surface area contributed by atoms with Gasteiger partial charge in [-0.3, -0.25) is 4.79 Å². The van der Waals surface area contributed by atoms with Crippen LogP contribution in [0.3, 0.4) is 0 Å². The molecule has 1 saturated heterocycles. The fraction of sp³-hybridized carbons (Fsp3) is 0.300. The Hall–Kier alpha value is -2.86. The van der Waals surface area contributed by atoms with Gasteiger partial charge >= 0.3 is 0 Å². The molecule has 0 unspecified atom stereocenters. The number of nitrogens with one attached hydrogen (secondary N) is 2. The molecule has 3 aromatic rings. The Morgan fingerprint density at radius 2 is 2.19 bits per heavy atom. The van der Waals surface area contributed by atoms with E-state index in [9.17, 15) is 4.79 Å². The fourth-order valence-corrected chi connectivity index (χ4v) is 2.94. The van der Waals surface area contributed by atoms with Crippen LogP contribution in [0, 0.1) is 12.8 Å². The molecule has 1 amide bonds. The van der Waals surface area contributed by atoms with Crippen molar-refractivity contribution in [2.75, 3.05) is 19.6 Å². The van der Waals surface area contributed by atoms with Crippen LogP contribution in [0.4, 0.5) is 0 Å². The van der Waals surface area contributed by atoms with E-state index in [0.29, 0.717) is 30.4 Å². The molecule has 1 aliphatic heterocycles.